The van der Waals surface area contributed by atoms with E-state index in [2.05, 4.69) is 51.1 Å². The number of rotatable bonds is 6. The van der Waals surface area contributed by atoms with Crippen molar-refractivity contribution in [3.05, 3.63) is 101 Å². The zero-order chi connectivity index (χ0) is 29.5. The highest BCUT2D eigenvalue weighted by molar-refractivity contribution is 7.80. The molecule has 2 atom stereocenters. The molecule has 2 aromatic carbocycles. The Hall–Kier alpha value is -3.88. The van der Waals surface area contributed by atoms with Gasteiger partial charge in [0.1, 0.15) is 5.75 Å². The number of methoxy groups -OCH3 is 1. The summed E-state index contributed by atoms with van der Waals surface area (Å²) in [7, 11) is 1.60. The SMILES string of the molecule is COc1cc(N2C(=S)N[C@@H](c3ccccn3)[C@@H]2c2cc(C)n(-c3cccc(Cl)c3)c2C)ccc1NC(=O)C(C)(C)C. The van der Waals surface area contributed by atoms with Crippen molar-refractivity contribution in [1.82, 2.24) is 14.9 Å². The molecule has 2 N–H and O–H groups in total. The van der Waals surface area contributed by atoms with Gasteiger partial charge in [-0.25, -0.2) is 0 Å². The second-order valence-corrected chi connectivity index (χ2v) is 12.1. The monoisotopic (exact) mass is 587 g/mol. The minimum absolute atomic E-state index is 0.0940. The number of nitrogens with zero attached hydrogens (tertiary/aromatic N) is 3. The lowest BCUT2D eigenvalue weighted by molar-refractivity contribution is -0.123. The molecule has 0 bridgehead atoms. The lowest BCUT2D eigenvalue weighted by Crippen LogP contribution is -2.30. The van der Waals surface area contributed by atoms with Gasteiger partial charge in [0.15, 0.2) is 5.11 Å². The van der Waals surface area contributed by atoms with E-state index >= 15 is 0 Å². The summed E-state index contributed by atoms with van der Waals surface area (Å²) in [6.45, 7) is 9.83. The summed E-state index contributed by atoms with van der Waals surface area (Å²) in [5, 5.41) is 7.78. The molecule has 1 fully saturated rings. The minimum Gasteiger partial charge on any atom is -0.494 e. The average Bonchev–Trinajstić information content (AvgIpc) is 3.43. The highest BCUT2D eigenvalue weighted by Gasteiger charge is 2.42. The largest absolute Gasteiger partial charge is 0.494 e. The number of hydrogen-bond donors (Lipinski definition) is 2. The van der Waals surface area contributed by atoms with Crippen molar-refractivity contribution < 1.29 is 9.53 Å². The van der Waals surface area contributed by atoms with Crippen LogP contribution in [0, 0.1) is 19.3 Å². The number of thiocarbonyl (C=S) groups is 1. The van der Waals surface area contributed by atoms with Gasteiger partial charge in [-0.1, -0.05) is 44.5 Å². The summed E-state index contributed by atoms with van der Waals surface area (Å²) < 4.78 is 7.94. The predicted octanol–water partition coefficient (Wildman–Crippen LogP) is 7.31. The van der Waals surface area contributed by atoms with Crippen LogP contribution in [0.3, 0.4) is 0 Å². The summed E-state index contributed by atoms with van der Waals surface area (Å²) in [6, 6.07) is 21.3. The maximum atomic E-state index is 12.7. The highest BCUT2D eigenvalue weighted by atomic mass is 35.5. The number of carbonyl (C=O) groups excluding carboxylic acids is 1. The molecule has 7 nitrogen and oxygen atoms in total. The second kappa shape index (κ2) is 11.2. The standard InChI is InChI=1S/C32H34ClN5O2S/c1-19-16-24(20(2)37(19)22-11-9-10-21(33)17-22)29-28(26-12-7-8-15-34-26)36-31(41)38(29)23-13-14-25(27(18-23)40-6)35-30(39)32(3,4)5/h7-18,28-29H,1-6H3,(H,35,39)(H,36,41)/t28-,29-/m0/s1. The van der Waals surface area contributed by atoms with Crippen molar-refractivity contribution in [2.45, 2.75) is 46.7 Å². The molecule has 9 heteroatoms. The number of pyridine rings is 1. The van der Waals surface area contributed by atoms with Crippen LogP contribution in [-0.4, -0.2) is 27.7 Å². The van der Waals surface area contributed by atoms with Crippen LogP contribution in [0.15, 0.2) is 72.9 Å². The Labute approximate surface area is 251 Å². The van der Waals surface area contributed by atoms with Crippen LogP contribution >= 0.6 is 23.8 Å². The van der Waals surface area contributed by atoms with Crippen LogP contribution in [0.25, 0.3) is 5.69 Å². The molecule has 1 saturated heterocycles. The van der Waals surface area contributed by atoms with Gasteiger partial charge in [-0.05, 0) is 80.2 Å². The van der Waals surface area contributed by atoms with Crippen molar-refractivity contribution in [2.24, 2.45) is 5.41 Å². The van der Waals surface area contributed by atoms with E-state index in [-0.39, 0.29) is 18.0 Å². The van der Waals surface area contributed by atoms with Crippen LogP contribution in [-0.2, 0) is 4.79 Å². The number of carbonyl (C=O) groups is 1. The first-order valence-corrected chi connectivity index (χ1v) is 14.2. The third-order valence-electron chi connectivity index (χ3n) is 7.35. The molecule has 0 unspecified atom stereocenters. The van der Waals surface area contributed by atoms with Gasteiger partial charge >= 0.3 is 0 Å². The van der Waals surface area contributed by atoms with E-state index in [1.165, 1.54) is 0 Å². The first-order valence-electron chi connectivity index (χ1n) is 13.4. The molecule has 4 aromatic rings. The van der Waals surface area contributed by atoms with Crippen molar-refractivity contribution in [3.63, 3.8) is 0 Å². The summed E-state index contributed by atoms with van der Waals surface area (Å²) in [4.78, 5) is 19.5. The second-order valence-electron chi connectivity index (χ2n) is 11.2. The van der Waals surface area contributed by atoms with Crippen molar-refractivity contribution in [1.29, 1.82) is 0 Å². The first kappa shape index (κ1) is 28.6. The molecule has 5 rings (SSSR count). The zero-order valence-corrected chi connectivity index (χ0v) is 25.6. The Kier molecular flexibility index (Phi) is 7.81. The summed E-state index contributed by atoms with van der Waals surface area (Å²) in [5.74, 6) is 0.454. The third-order valence-corrected chi connectivity index (χ3v) is 7.90. The van der Waals surface area contributed by atoms with Crippen molar-refractivity contribution >= 4 is 46.2 Å². The maximum absolute atomic E-state index is 12.7. The summed E-state index contributed by atoms with van der Waals surface area (Å²) in [5.41, 5.74) is 6.04. The molecular weight excluding hydrogens is 554 g/mol. The molecule has 1 aliphatic heterocycles. The Bertz CT molecular complexity index is 1610. The molecule has 41 heavy (non-hydrogen) atoms. The van der Waals surface area contributed by atoms with Gasteiger partial charge in [0, 0.05) is 45.5 Å². The maximum Gasteiger partial charge on any atom is 0.229 e. The number of halogens is 1. The predicted molar refractivity (Wildman–Crippen MR) is 169 cm³/mol. The van der Waals surface area contributed by atoms with Crippen LogP contribution in [0.5, 0.6) is 5.75 Å². The Morgan fingerprint density at radius 3 is 2.49 bits per heavy atom. The molecule has 1 aliphatic rings. The van der Waals surface area contributed by atoms with Crippen LogP contribution in [0.2, 0.25) is 5.02 Å². The molecule has 0 saturated carbocycles. The normalized spacial score (nSPS) is 17.0. The van der Waals surface area contributed by atoms with Gasteiger partial charge in [0.05, 0.1) is 30.6 Å². The van der Waals surface area contributed by atoms with Gasteiger partial charge in [0.2, 0.25) is 5.91 Å². The summed E-state index contributed by atoms with van der Waals surface area (Å²) >= 11 is 12.3. The van der Waals surface area contributed by atoms with Gasteiger partial charge in [-0.15, -0.1) is 0 Å². The molecule has 1 amide bonds. The fourth-order valence-corrected chi connectivity index (χ4v) is 5.82. The van der Waals surface area contributed by atoms with Gasteiger partial charge in [0.25, 0.3) is 0 Å². The lowest BCUT2D eigenvalue weighted by Gasteiger charge is -2.29. The van der Waals surface area contributed by atoms with E-state index in [0.717, 1.165) is 34.0 Å². The number of anilines is 2. The smallest absolute Gasteiger partial charge is 0.229 e. The number of ether oxygens (including phenoxy) is 1. The Morgan fingerprint density at radius 1 is 1.05 bits per heavy atom. The number of benzene rings is 2. The van der Waals surface area contributed by atoms with E-state index in [4.69, 9.17) is 28.6 Å². The van der Waals surface area contributed by atoms with Crippen LogP contribution < -0.4 is 20.3 Å². The quantitative estimate of drug-likeness (QED) is 0.230. The van der Waals surface area contributed by atoms with E-state index in [9.17, 15) is 4.79 Å². The topological polar surface area (TPSA) is 71.4 Å². The number of aryl methyl sites for hydroxylation is 1. The number of amides is 1. The lowest BCUT2D eigenvalue weighted by atomic mass is 9.95. The first-order chi connectivity index (χ1) is 19.5. The molecule has 212 valence electrons. The fraction of sp³-hybridized carbons (Fsp3) is 0.281. The zero-order valence-electron chi connectivity index (χ0n) is 24.0. The van der Waals surface area contributed by atoms with Gasteiger partial charge in [-0.3, -0.25) is 9.78 Å². The van der Waals surface area contributed by atoms with E-state index in [1.807, 2.05) is 75.4 Å². The highest BCUT2D eigenvalue weighted by Crippen LogP contribution is 2.45. The van der Waals surface area contributed by atoms with E-state index in [1.54, 1.807) is 13.3 Å². The van der Waals surface area contributed by atoms with Crippen molar-refractivity contribution in [2.75, 3.05) is 17.3 Å². The molecule has 0 aliphatic carbocycles. The van der Waals surface area contributed by atoms with Gasteiger partial charge in [-0.2, -0.15) is 0 Å². The minimum atomic E-state index is -0.545. The summed E-state index contributed by atoms with van der Waals surface area (Å²) in [6.07, 6.45) is 1.80. The van der Waals surface area contributed by atoms with E-state index < -0.39 is 5.41 Å². The fourth-order valence-electron chi connectivity index (χ4n) is 5.29. The van der Waals surface area contributed by atoms with Crippen LogP contribution in [0.4, 0.5) is 11.4 Å². The molecule has 0 spiro atoms. The number of nitrogens with one attached hydrogen (secondary N) is 2. The molecule has 0 radical (unpaired) electrons. The average molecular weight is 588 g/mol. The Morgan fingerprint density at radius 2 is 1.83 bits per heavy atom. The number of hydrogen-bond acceptors (Lipinski definition) is 4. The van der Waals surface area contributed by atoms with Gasteiger partial charge < -0.3 is 24.8 Å². The molecular formula is C32H34ClN5O2S. The molecule has 3 heterocycles. The third kappa shape index (κ3) is 5.54. The Balaban J connectivity index is 1.63. The van der Waals surface area contributed by atoms with Crippen molar-refractivity contribution in [3.8, 4) is 11.4 Å². The number of aromatic nitrogens is 2. The van der Waals surface area contributed by atoms with Crippen LogP contribution in [0.1, 0.15) is 55.5 Å². The molecule has 2 aromatic heterocycles. The van der Waals surface area contributed by atoms with E-state index in [0.29, 0.717) is 21.6 Å².